The number of carbonyl (C=O) groups is 1. The molecule has 1 amide bonds. The lowest BCUT2D eigenvalue weighted by Gasteiger charge is -2.35. The first-order valence-electron chi connectivity index (χ1n) is 10.9. The summed E-state index contributed by atoms with van der Waals surface area (Å²) in [5.41, 5.74) is 2.07. The first kappa shape index (κ1) is 20.9. The Morgan fingerprint density at radius 1 is 1.10 bits per heavy atom. The minimum Gasteiger partial charge on any atom is -0.369 e. The van der Waals surface area contributed by atoms with Crippen molar-refractivity contribution in [3.63, 3.8) is 0 Å². The largest absolute Gasteiger partial charge is 0.369 e. The van der Waals surface area contributed by atoms with E-state index in [0.29, 0.717) is 11.6 Å². The highest BCUT2D eigenvalue weighted by Crippen LogP contribution is 2.28. The van der Waals surface area contributed by atoms with E-state index in [0.717, 1.165) is 63.6 Å². The Hall–Kier alpha value is -2.31. The van der Waals surface area contributed by atoms with Gasteiger partial charge in [0.15, 0.2) is 0 Å². The molecule has 2 aliphatic rings. The third-order valence-corrected chi connectivity index (χ3v) is 6.45. The maximum Gasteiger partial charge on any atom is 0.229 e. The summed E-state index contributed by atoms with van der Waals surface area (Å²) < 4.78 is 0. The number of likely N-dealkylation sites (N-methyl/N-ethyl adjacent to an activating group) is 1. The van der Waals surface area contributed by atoms with Crippen LogP contribution in [0.2, 0.25) is 5.02 Å². The molecule has 1 unspecified atom stereocenters. The molecule has 0 spiro atoms. The fraction of sp³-hybridized carbons (Fsp3) is 0.478. The molecule has 2 aromatic rings. The van der Waals surface area contributed by atoms with Gasteiger partial charge in [0.05, 0.1) is 10.9 Å². The first-order valence-corrected chi connectivity index (χ1v) is 11.3. The van der Waals surface area contributed by atoms with E-state index in [-0.39, 0.29) is 11.8 Å². The van der Waals surface area contributed by atoms with Crippen LogP contribution >= 0.6 is 11.6 Å². The average Bonchev–Trinajstić information content (AvgIpc) is 2.80. The topological polar surface area (TPSA) is 51.7 Å². The van der Waals surface area contributed by atoms with Crippen LogP contribution in [0.5, 0.6) is 0 Å². The van der Waals surface area contributed by atoms with Crippen LogP contribution in [0.15, 0.2) is 42.6 Å². The van der Waals surface area contributed by atoms with Gasteiger partial charge in [-0.3, -0.25) is 4.79 Å². The van der Waals surface area contributed by atoms with Gasteiger partial charge in [-0.2, -0.15) is 0 Å². The molecule has 0 bridgehead atoms. The number of benzene rings is 1. The predicted octanol–water partition coefficient (Wildman–Crippen LogP) is 3.73. The molecule has 7 heteroatoms. The van der Waals surface area contributed by atoms with Crippen molar-refractivity contribution in [1.82, 2.24) is 9.88 Å². The monoisotopic (exact) mass is 427 g/mol. The van der Waals surface area contributed by atoms with E-state index < -0.39 is 0 Å². The van der Waals surface area contributed by atoms with Crippen molar-refractivity contribution in [3.8, 4) is 0 Å². The second-order valence-corrected chi connectivity index (χ2v) is 8.46. The van der Waals surface area contributed by atoms with Crippen LogP contribution in [0.25, 0.3) is 0 Å². The zero-order chi connectivity index (χ0) is 20.9. The smallest absolute Gasteiger partial charge is 0.229 e. The van der Waals surface area contributed by atoms with Gasteiger partial charge in [0.25, 0.3) is 0 Å². The minimum absolute atomic E-state index is 0.0658. The van der Waals surface area contributed by atoms with Gasteiger partial charge in [-0.15, -0.1) is 0 Å². The second kappa shape index (κ2) is 9.67. The third-order valence-electron chi connectivity index (χ3n) is 6.15. The molecule has 2 aliphatic heterocycles. The zero-order valence-corrected chi connectivity index (χ0v) is 18.3. The molecule has 0 saturated carbocycles. The summed E-state index contributed by atoms with van der Waals surface area (Å²) in [6, 6.07) is 11.9. The molecule has 0 aliphatic carbocycles. The number of carbonyl (C=O) groups excluding carboxylic acids is 1. The SMILES string of the molecule is CCN1CCN(c2ccc(NC(=O)C3CCCN(c4ncccc4Cl)C3)cc2)CC1. The molecular formula is C23H30ClN5O. The number of hydrogen-bond acceptors (Lipinski definition) is 5. The van der Waals surface area contributed by atoms with Gasteiger partial charge in [-0.25, -0.2) is 4.98 Å². The Morgan fingerprint density at radius 2 is 1.87 bits per heavy atom. The quantitative estimate of drug-likeness (QED) is 0.787. The van der Waals surface area contributed by atoms with Crippen molar-refractivity contribution < 1.29 is 4.79 Å². The molecule has 1 aromatic heterocycles. The Balaban J connectivity index is 1.34. The average molecular weight is 428 g/mol. The van der Waals surface area contributed by atoms with Gasteiger partial charge in [-0.1, -0.05) is 18.5 Å². The van der Waals surface area contributed by atoms with E-state index in [4.69, 9.17) is 11.6 Å². The molecule has 160 valence electrons. The number of aromatic nitrogens is 1. The molecular weight excluding hydrogens is 398 g/mol. The van der Waals surface area contributed by atoms with Crippen LogP contribution in [0.1, 0.15) is 19.8 Å². The number of piperazine rings is 1. The molecule has 0 radical (unpaired) electrons. The fourth-order valence-electron chi connectivity index (χ4n) is 4.32. The first-order chi connectivity index (χ1) is 14.6. The number of anilines is 3. The van der Waals surface area contributed by atoms with Gasteiger partial charge in [0, 0.05) is 56.8 Å². The van der Waals surface area contributed by atoms with Gasteiger partial charge in [0.1, 0.15) is 5.82 Å². The highest BCUT2D eigenvalue weighted by molar-refractivity contribution is 6.32. The summed E-state index contributed by atoms with van der Waals surface area (Å²) in [6.07, 6.45) is 3.58. The van der Waals surface area contributed by atoms with Crippen LogP contribution in [0.4, 0.5) is 17.2 Å². The summed E-state index contributed by atoms with van der Waals surface area (Å²) in [7, 11) is 0. The Bertz CT molecular complexity index is 851. The van der Waals surface area contributed by atoms with Crippen LogP contribution in [0.3, 0.4) is 0 Å². The van der Waals surface area contributed by atoms with Crippen LogP contribution in [-0.2, 0) is 4.79 Å². The molecule has 2 saturated heterocycles. The van der Waals surface area contributed by atoms with Crippen molar-refractivity contribution in [3.05, 3.63) is 47.6 Å². The number of piperidine rings is 1. The van der Waals surface area contributed by atoms with E-state index in [9.17, 15) is 4.79 Å². The Kier molecular flexibility index (Phi) is 6.75. The molecule has 30 heavy (non-hydrogen) atoms. The predicted molar refractivity (Wildman–Crippen MR) is 124 cm³/mol. The highest BCUT2D eigenvalue weighted by Gasteiger charge is 2.27. The maximum atomic E-state index is 12.9. The van der Waals surface area contributed by atoms with E-state index in [1.165, 1.54) is 5.69 Å². The van der Waals surface area contributed by atoms with Crippen molar-refractivity contribution >= 4 is 34.7 Å². The third kappa shape index (κ3) is 4.87. The fourth-order valence-corrected chi connectivity index (χ4v) is 4.56. The number of pyridine rings is 1. The van der Waals surface area contributed by atoms with Gasteiger partial charge in [-0.05, 0) is 55.8 Å². The normalized spacial score (nSPS) is 20.3. The van der Waals surface area contributed by atoms with Gasteiger partial charge >= 0.3 is 0 Å². The minimum atomic E-state index is -0.0707. The molecule has 2 fully saturated rings. The Labute approximate surface area is 183 Å². The number of halogens is 1. The van der Waals surface area contributed by atoms with Crippen molar-refractivity contribution in [2.45, 2.75) is 19.8 Å². The molecule has 3 heterocycles. The van der Waals surface area contributed by atoms with Crippen molar-refractivity contribution in [2.24, 2.45) is 5.92 Å². The summed E-state index contributed by atoms with van der Waals surface area (Å²) in [6.45, 7) is 9.15. The lowest BCUT2D eigenvalue weighted by molar-refractivity contribution is -0.120. The van der Waals surface area contributed by atoms with E-state index >= 15 is 0 Å². The molecule has 1 atom stereocenters. The number of nitrogens with one attached hydrogen (secondary N) is 1. The van der Waals surface area contributed by atoms with E-state index in [1.54, 1.807) is 6.20 Å². The van der Waals surface area contributed by atoms with Crippen LogP contribution in [0, 0.1) is 5.92 Å². The van der Waals surface area contributed by atoms with Crippen molar-refractivity contribution in [2.75, 3.05) is 60.9 Å². The summed E-state index contributed by atoms with van der Waals surface area (Å²) in [5.74, 6) is 0.763. The number of hydrogen-bond donors (Lipinski definition) is 1. The van der Waals surface area contributed by atoms with Gasteiger partial charge in [0.2, 0.25) is 5.91 Å². The maximum absolute atomic E-state index is 12.9. The summed E-state index contributed by atoms with van der Waals surface area (Å²) >= 11 is 6.30. The number of rotatable bonds is 5. The highest BCUT2D eigenvalue weighted by atomic mass is 35.5. The number of nitrogens with zero attached hydrogens (tertiary/aromatic N) is 4. The summed E-state index contributed by atoms with van der Waals surface area (Å²) in [5, 5.41) is 3.73. The van der Waals surface area contributed by atoms with Crippen LogP contribution in [-0.4, -0.2) is 61.6 Å². The van der Waals surface area contributed by atoms with E-state index in [2.05, 4.69) is 44.1 Å². The van der Waals surface area contributed by atoms with E-state index in [1.807, 2.05) is 24.3 Å². The molecule has 1 aromatic carbocycles. The molecule has 1 N–H and O–H groups in total. The van der Waals surface area contributed by atoms with Crippen LogP contribution < -0.4 is 15.1 Å². The summed E-state index contributed by atoms with van der Waals surface area (Å²) in [4.78, 5) is 24.3. The van der Waals surface area contributed by atoms with Gasteiger partial charge < -0.3 is 20.0 Å². The zero-order valence-electron chi connectivity index (χ0n) is 17.6. The standard InChI is InChI=1S/C23H30ClN5O/c1-2-27-13-15-28(16-14-27)20-9-7-19(8-10-20)26-23(30)18-5-4-12-29(17-18)22-21(24)6-3-11-25-22/h3,6-11,18H,2,4-5,12-17H2,1H3,(H,26,30). The Morgan fingerprint density at radius 3 is 2.57 bits per heavy atom. The molecule has 6 nitrogen and oxygen atoms in total. The molecule has 4 rings (SSSR count). The number of amides is 1. The lowest BCUT2D eigenvalue weighted by Crippen LogP contribution is -2.46. The second-order valence-electron chi connectivity index (χ2n) is 8.05. The van der Waals surface area contributed by atoms with Crippen molar-refractivity contribution in [1.29, 1.82) is 0 Å². The lowest BCUT2D eigenvalue weighted by atomic mass is 9.97.